The monoisotopic (exact) mass is 332 g/mol. The molecule has 0 unspecified atom stereocenters. The molecule has 0 bridgehead atoms. The number of aromatic nitrogens is 2. The Morgan fingerprint density at radius 2 is 2.22 bits per heavy atom. The molecule has 2 aromatic rings. The molecule has 7 nitrogen and oxygen atoms in total. The quantitative estimate of drug-likeness (QED) is 0.839. The van der Waals surface area contributed by atoms with Gasteiger partial charge >= 0.3 is 0 Å². The Morgan fingerprint density at radius 3 is 2.91 bits per heavy atom. The second-order valence-corrected chi connectivity index (χ2v) is 6.37. The highest BCUT2D eigenvalue weighted by molar-refractivity contribution is 7.99. The summed E-state index contributed by atoms with van der Waals surface area (Å²) in [4.78, 5) is 12.1. The van der Waals surface area contributed by atoms with E-state index in [9.17, 15) is 10.1 Å². The number of amides is 1. The zero-order valence-corrected chi connectivity index (χ0v) is 13.3. The van der Waals surface area contributed by atoms with Gasteiger partial charge in [0.1, 0.15) is 5.54 Å². The van der Waals surface area contributed by atoms with E-state index in [2.05, 4.69) is 21.6 Å². The predicted molar refractivity (Wildman–Crippen MR) is 82.3 cm³/mol. The van der Waals surface area contributed by atoms with Crippen LogP contribution in [-0.2, 0) is 4.79 Å². The van der Waals surface area contributed by atoms with Crippen molar-refractivity contribution in [2.24, 2.45) is 0 Å². The summed E-state index contributed by atoms with van der Waals surface area (Å²) in [6, 6.07) is 5.71. The van der Waals surface area contributed by atoms with E-state index in [0.29, 0.717) is 23.8 Å². The SMILES string of the molecule is N#CC1(NC(=O)CSc2nnc(-c3ccco3)o2)CCCCC1. The topological polar surface area (TPSA) is 105 Å². The van der Waals surface area contributed by atoms with Crippen molar-refractivity contribution in [1.29, 1.82) is 5.26 Å². The van der Waals surface area contributed by atoms with Crippen LogP contribution >= 0.6 is 11.8 Å². The molecular weight excluding hydrogens is 316 g/mol. The number of nitriles is 1. The van der Waals surface area contributed by atoms with E-state index in [-0.39, 0.29) is 17.6 Å². The maximum absolute atomic E-state index is 12.1. The third kappa shape index (κ3) is 3.74. The van der Waals surface area contributed by atoms with Gasteiger partial charge in [0, 0.05) is 0 Å². The number of thioether (sulfide) groups is 1. The van der Waals surface area contributed by atoms with Crippen LogP contribution in [0, 0.1) is 11.3 Å². The molecule has 120 valence electrons. The van der Waals surface area contributed by atoms with Gasteiger partial charge in [0.2, 0.25) is 5.91 Å². The minimum atomic E-state index is -0.718. The van der Waals surface area contributed by atoms with E-state index >= 15 is 0 Å². The highest BCUT2D eigenvalue weighted by atomic mass is 32.2. The van der Waals surface area contributed by atoms with Crippen LogP contribution in [0.2, 0.25) is 0 Å². The lowest BCUT2D eigenvalue weighted by atomic mass is 9.83. The minimum Gasteiger partial charge on any atom is -0.459 e. The molecular formula is C15H16N4O3S. The lowest BCUT2D eigenvalue weighted by molar-refractivity contribution is -0.120. The lowest BCUT2D eigenvalue weighted by Crippen LogP contribution is -2.49. The van der Waals surface area contributed by atoms with Crippen molar-refractivity contribution in [3.63, 3.8) is 0 Å². The summed E-state index contributed by atoms with van der Waals surface area (Å²) in [5.74, 6) is 0.692. The molecule has 2 aromatic heterocycles. The molecule has 1 fully saturated rings. The minimum absolute atomic E-state index is 0.128. The molecule has 0 spiro atoms. The number of nitrogens with one attached hydrogen (secondary N) is 1. The molecule has 2 heterocycles. The number of nitrogens with zero attached hydrogens (tertiary/aromatic N) is 3. The highest BCUT2D eigenvalue weighted by Gasteiger charge is 2.33. The second kappa shape index (κ2) is 6.87. The van der Waals surface area contributed by atoms with Crippen molar-refractivity contribution in [2.75, 3.05) is 5.75 Å². The largest absolute Gasteiger partial charge is 0.459 e. The van der Waals surface area contributed by atoms with E-state index in [1.165, 1.54) is 6.26 Å². The van der Waals surface area contributed by atoms with Gasteiger partial charge in [-0.05, 0) is 25.0 Å². The zero-order chi connectivity index (χ0) is 16.1. The maximum atomic E-state index is 12.1. The highest BCUT2D eigenvalue weighted by Crippen LogP contribution is 2.28. The molecule has 23 heavy (non-hydrogen) atoms. The molecule has 1 N–H and O–H groups in total. The Morgan fingerprint density at radius 1 is 1.39 bits per heavy atom. The van der Waals surface area contributed by atoms with E-state index < -0.39 is 5.54 Å². The molecule has 0 radical (unpaired) electrons. The van der Waals surface area contributed by atoms with Gasteiger partial charge in [-0.25, -0.2) is 0 Å². The Bertz CT molecular complexity index is 699. The molecule has 0 atom stereocenters. The third-order valence-corrected chi connectivity index (χ3v) is 4.58. The summed E-state index contributed by atoms with van der Waals surface area (Å²) in [7, 11) is 0. The van der Waals surface area contributed by atoms with E-state index in [4.69, 9.17) is 8.83 Å². The van der Waals surface area contributed by atoms with Crippen molar-refractivity contribution in [3.8, 4) is 17.7 Å². The van der Waals surface area contributed by atoms with Crippen molar-refractivity contribution in [3.05, 3.63) is 18.4 Å². The van der Waals surface area contributed by atoms with Crippen molar-refractivity contribution >= 4 is 17.7 Å². The van der Waals surface area contributed by atoms with Gasteiger partial charge in [0.15, 0.2) is 5.76 Å². The third-order valence-electron chi connectivity index (χ3n) is 3.76. The standard InChI is InChI=1S/C15H16N4O3S/c16-10-15(6-2-1-3-7-15)17-12(20)9-23-14-19-18-13(22-14)11-5-4-8-21-11/h4-5,8H,1-3,6-7,9H2,(H,17,20). The second-order valence-electron chi connectivity index (χ2n) is 5.44. The van der Waals surface area contributed by atoms with Crippen molar-refractivity contribution < 1.29 is 13.6 Å². The Kier molecular flexibility index (Phi) is 4.67. The summed E-state index contributed by atoms with van der Waals surface area (Å²) >= 11 is 1.14. The summed E-state index contributed by atoms with van der Waals surface area (Å²) in [5.41, 5.74) is -0.718. The first kappa shape index (κ1) is 15.6. The maximum Gasteiger partial charge on any atom is 0.284 e. The Balaban J connectivity index is 1.54. The first-order valence-corrected chi connectivity index (χ1v) is 8.42. The molecule has 0 aliphatic heterocycles. The van der Waals surface area contributed by atoms with Crippen molar-refractivity contribution in [2.45, 2.75) is 42.9 Å². The molecule has 1 amide bonds. The van der Waals surface area contributed by atoms with Gasteiger partial charge < -0.3 is 14.2 Å². The first-order valence-electron chi connectivity index (χ1n) is 7.43. The van der Waals surface area contributed by atoms with Crippen molar-refractivity contribution in [1.82, 2.24) is 15.5 Å². The van der Waals surface area contributed by atoms with E-state index in [0.717, 1.165) is 31.0 Å². The van der Waals surface area contributed by atoms with Crippen LogP contribution in [0.15, 0.2) is 32.5 Å². The van der Waals surface area contributed by atoms with Crippen LogP contribution in [0.1, 0.15) is 32.1 Å². The average Bonchev–Trinajstić information content (AvgIpc) is 3.25. The van der Waals surface area contributed by atoms with Gasteiger partial charge in [0.05, 0.1) is 18.1 Å². The van der Waals surface area contributed by atoms with Gasteiger partial charge in [-0.1, -0.05) is 31.0 Å². The lowest BCUT2D eigenvalue weighted by Gasteiger charge is -2.31. The van der Waals surface area contributed by atoms with Crippen LogP contribution in [0.5, 0.6) is 0 Å². The molecule has 0 saturated heterocycles. The van der Waals surface area contributed by atoms with Crippen LogP contribution in [0.4, 0.5) is 0 Å². The number of rotatable bonds is 5. The molecule has 1 aliphatic rings. The van der Waals surface area contributed by atoms with E-state index in [1.807, 2.05) is 0 Å². The summed E-state index contributed by atoms with van der Waals surface area (Å²) < 4.78 is 10.6. The normalized spacial score (nSPS) is 16.7. The van der Waals surface area contributed by atoms with Crippen LogP contribution in [0.3, 0.4) is 0 Å². The Hall–Kier alpha value is -2.27. The fourth-order valence-corrected chi connectivity index (χ4v) is 3.18. The van der Waals surface area contributed by atoms with Crippen LogP contribution < -0.4 is 5.32 Å². The van der Waals surface area contributed by atoms with Crippen LogP contribution in [0.25, 0.3) is 11.7 Å². The summed E-state index contributed by atoms with van der Waals surface area (Å²) in [6.45, 7) is 0. The number of carbonyl (C=O) groups excluding carboxylic acids is 1. The molecule has 0 aromatic carbocycles. The number of carbonyl (C=O) groups is 1. The molecule has 3 rings (SSSR count). The number of hydrogen-bond donors (Lipinski definition) is 1. The summed E-state index contributed by atoms with van der Waals surface area (Å²) in [5, 5.41) is 20.2. The molecule has 1 aliphatic carbocycles. The zero-order valence-electron chi connectivity index (χ0n) is 12.4. The van der Waals surface area contributed by atoms with Gasteiger partial charge in [-0.15, -0.1) is 10.2 Å². The van der Waals surface area contributed by atoms with Gasteiger partial charge in [-0.3, -0.25) is 4.79 Å². The van der Waals surface area contributed by atoms with E-state index in [1.54, 1.807) is 12.1 Å². The molecule has 8 heteroatoms. The first-order chi connectivity index (χ1) is 11.2. The average molecular weight is 332 g/mol. The number of furan rings is 1. The Labute approximate surface area is 137 Å². The predicted octanol–water partition coefficient (Wildman–Crippen LogP) is 2.76. The smallest absolute Gasteiger partial charge is 0.284 e. The summed E-state index contributed by atoms with van der Waals surface area (Å²) in [6.07, 6.45) is 6.00. The van der Waals surface area contributed by atoms with Crippen LogP contribution in [-0.4, -0.2) is 27.4 Å². The van der Waals surface area contributed by atoms with Gasteiger partial charge in [0.25, 0.3) is 11.1 Å². The fourth-order valence-electron chi connectivity index (χ4n) is 2.62. The number of hydrogen-bond acceptors (Lipinski definition) is 7. The molecule has 1 saturated carbocycles. The fraction of sp³-hybridized carbons (Fsp3) is 0.467. The van der Waals surface area contributed by atoms with Gasteiger partial charge in [-0.2, -0.15) is 5.26 Å².